The molecule has 1 nitrogen and oxygen atoms in total. The summed E-state index contributed by atoms with van der Waals surface area (Å²) < 4.78 is 12.6. The molecule has 0 aliphatic carbocycles. The zero-order valence-corrected chi connectivity index (χ0v) is 8.57. The number of halogens is 1. The summed E-state index contributed by atoms with van der Waals surface area (Å²) in [6, 6.07) is 6.53. The molecule has 0 saturated carbocycles. The molecule has 1 heterocycles. The lowest BCUT2D eigenvalue weighted by Gasteiger charge is -2.20. The highest BCUT2D eigenvalue weighted by atomic mass is 19.1. The molecule has 0 aromatic heterocycles. The van der Waals surface area contributed by atoms with Crippen LogP contribution >= 0.6 is 0 Å². The van der Waals surface area contributed by atoms with E-state index in [2.05, 4.69) is 23.3 Å². The molecule has 1 aliphatic rings. The number of rotatable bonds is 2. The van der Waals surface area contributed by atoms with E-state index in [1.165, 1.54) is 12.1 Å². The third kappa shape index (κ3) is 2.94. The van der Waals surface area contributed by atoms with E-state index < -0.39 is 0 Å². The van der Waals surface area contributed by atoms with E-state index >= 15 is 0 Å². The molecule has 15 heavy (non-hydrogen) atoms. The van der Waals surface area contributed by atoms with Gasteiger partial charge in [0, 0.05) is 13.1 Å². The Hall–Kier alpha value is -1.57. The van der Waals surface area contributed by atoms with Crippen molar-refractivity contribution in [2.45, 2.75) is 6.42 Å². The van der Waals surface area contributed by atoms with Crippen LogP contribution in [-0.2, 0) is 0 Å². The maximum absolute atomic E-state index is 12.6. The molecule has 2 heteroatoms. The van der Waals surface area contributed by atoms with Crippen molar-refractivity contribution < 1.29 is 4.39 Å². The zero-order valence-electron chi connectivity index (χ0n) is 8.57. The fourth-order valence-corrected chi connectivity index (χ4v) is 1.56. The maximum Gasteiger partial charge on any atom is 0.123 e. The predicted molar refractivity (Wildman–Crippen MR) is 60.8 cm³/mol. The van der Waals surface area contributed by atoms with Crippen LogP contribution in [0, 0.1) is 5.82 Å². The van der Waals surface area contributed by atoms with Gasteiger partial charge in [0.25, 0.3) is 0 Å². The maximum atomic E-state index is 12.6. The molecular formula is C13H14FN. The van der Waals surface area contributed by atoms with Gasteiger partial charge in [-0.05, 0) is 36.4 Å². The van der Waals surface area contributed by atoms with Crippen molar-refractivity contribution in [3.05, 3.63) is 54.0 Å². The van der Waals surface area contributed by atoms with Crippen molar-refractivity contribution in [3.8, 4) is 0 Å². The molecule has 2 rings (SSSR count). The summed E-state index contributed by atoms with van der Waals surface area (Å²) in [5.41, 5.74) is 1.03. The minimum Gasteiger partial charge on any atom is -0.373 e. The fourth-order valence-electron chi connectivity index (χ4n) is 1.56. The first kappa shape index (κ1) is 9.97. The normalized spacial score (nSPS) is 16.2. The molecular weight excluding hydrogens is 189 g/mol. The summed E-state index contributed by atoms with van der Waals surface area (Å²) in [5.74, 6) is -0.187. The van der Waals surface area contributed by atoms with Gasteiger partial charge in [0.2, 0.25) is 0 Å². The number of hydrogen-bond donors (Lipinski definition) is 0. The van der Waals surface area contributed by atoms with Gasteiger partial charge >= 0.3 is 0 Å². The van der Waals surface area contributed by atoms with Gasteiger partial charge in [-0.25, -0.2) is 4.39 Å². The van der Waals surface area contributed by atoms with Crippen molar-refractivity contribution in [1.82, 2.24) is 4.90 Å². The van der Waals surface area contributed by atoms with E-state index in [1.807, 2.05) is 6.08 Å². The summed E-state index contributed by atoms with van der Waals surface area (Å²) in [4.78, 5) is 2.24. The minimum atomic E-state index is -0.187. The average molecular weight is 203 g/mol. The molecule has 1 aromatic carbocycles. The van der Waals surface area contributed by atoms with E-state index in [4.69, 9.17) is 0 Å². The van der Waals surface area contributed by atoms with Crippen molar-refractivity contribution in [2.24, 2.45) is 0 Å². The largest absolute Gasteiger partial charge is 0.373 e. The predicted octanol–water partition coefficient (Wildman–Crippen LogP) is 3.06. The first-order valence-corrected chi connectivity index (χ1v) is 5.17. The molecule has 0 saturated heterocycles. The first-order chi connectivity index (χ1) is 7.34. The standard InChI is InChI=1S/C13H14FN/c14-13-6-4-12(5-7-13)8-11-15-9-2-1-3-10-15/h1-2,4-8,11H,3,9-10H2/b11-8+. The van der Waals surface area contributed by atoms with Crippen LogP contribution in [0.2, 0.25) is 0 Å². The molecule has 0 atom stereocenters. The Morgan fingerprint density at radius 3 is 2.60 bits per heavy atom. The Kier molecular flexibility index (Phi) is 3.18. The van der Waals surface area contributed by atoms with Crippen molar-refractivity contribution in [1.29, 1.82) is 0 Å². The summed E-state index contributed by atoms with van der Waals surface area (Å²) in [5, 5.41) is 0. The number of hydrogen-bond acceptors (Lipinski definition) is 1. The van der Waals surface area contributed by atoms with Crippen LogP contribution in [0.1, 0.15) is 12.0 Å². The number of benzene rings is 1. The van der Waals surface area contributed by atoms with Crippen molar-refractivity contribution >= 4 is 6.08 Å². The van der Waals surface area contributed by atoms with Crippen LogP contribution in [0.25, 0.3) is 6.08 Å². The van der Waals surface area contributed by atoms with Crippen LogP contribution in [0.3, 0.4) is 0 Å². The smallest absolute Gasteiger partial charge is 0.123 e. The van der Waals surface area contributed by atoms with Gasteiger partial charge in [0.15, 0.2) is 0 Å². The Bertz CT molecular complexity index is 365. The summed E-state index contributed by atoms with van der Waals surface area (Å²) in [6.45, 7) is 2.03. The quantitative estimate of drug-likeness (QED) is 0.668. The summed E-state index contributed by atoms with van der Waals surface area (Å²) in [6.07, 6.45) is 9.55. The SMILES string of the molecule is Fc1ccc(/C=C/N2CC=CCC2)cc1. The van der Waals surface area contributed by atoms with Gasteiger partial charge in [0.1, 0.15) is 5.82 Å². The van der Waals surface area contributed by atoms with Gasteiger partial charge in [-0.3, -0.25) is 0 Å². The Balaban J connectivity index is 1.98. The van der Waals surface area contributed by atoms with Crippen molar-refractivity contribution in [3.63, 3.8) is 0 Å². The molecule has 1 aromatic rings. The van der Waals surface area contributed by atoms with E-state index in [0.29, 0.717) is 0 Å². The minimum absolute atomic E-state index is 0.187. The van der Waals surface area contributed by atoms with E-state index in [9.17, 15) is 4.39 Å². The van der Waals surface area contributed by atoms with Crippen LogP contribution in [0.4, 0.5) is 4.39 Å². The average Bonchev–Trinajstić information content (AvgIpc) is 2.30. The lowest BCUT2D eigenvalue weighted by Crippen LogP contribution is -2.20. The van der Waals surface area contributed by atoms with Gasteiger partial charge in [-0.1, -0.05) is 24.3 Å². The van der Waals surface area contributed by atoms with Crippen LogP contribution in [0.5, 0.6) is 0 Å². The topological polar surface area (TPSA) is 3.24 Å². The first-order valence-electron chi connectivity index (χ1n) is 5.17. The van der Waals surface area contributed by atoms with Gasteiger partial charge < -0.3 is 4.90 Å². The highest BCUT2D eigenvalue weighted by molar-refractivity contribution is 5.48. The van der Waals surface area contributed by atoms with Crippen molar-refractivity contribution in [2.75, 3.05) is 13.1 Å². The second kappa shape index (κ2) is 4.78. The molecule has 0 fully saturated rings. The van der Waals surface area contributed by atoms with Gasteiger partial charge in [-0.15, -0.1) is 0 Å². The highest BCUT2D eigenvalue weighted by Gasteiger charge is 1.99. The molecule has 1 aliphatic heterocycles. The lowest BCUT2D eigenvalue weighted by atomic mass is 10.2. The lowest BCUT2D eigenvalue weighted by molar-refractivity contribution is 0.412. The molecule has 0 amide bonds. The molecule has 0 spiro atoms. The van der Waals surface area contributed by atoms with Crippen LogP contribution < -0.4 is 0 Å². The summed E-state index contributed by atoms with van der Waals surface area (Å²) in [7, 11) is 0. The fraction of sp³-hybridized carbons (Fsp3) is 0.231. The molecule has 0 N–H and O–H groups in total. The van der Waals surface area contributed by atoms with Crippen LogP contribution in [-0.4, -0.2) is 18.0 Å². The second-order valence-corrected chi connectivity index (χ2v) is 3.62. The summed E-state index contributed by atoms with van der Waals surface area (Å²) >= 11 is 0. The number of nitrogens with zero attached hydrogens (tertiary/aromatic N) is 1. The van der Waals surface area contributed by atoms with Gasteiger partial charge in [-0.2, -0.15) is 0 Å². The zero-order chi connectivity index (χ0) is 10.5. The Morgan fingerprint density at radius 1 is 1.13 bits per heavy atom. The third-order valence-corrected chi connectivity index (χ3v) is 2.44. The van der Waals surface area contributed by atoms with E-state index in [1.54, 1.807) is 12.1 Å². The molecule has 78 valence electrons. The second-order valence-electron chi connectivity index (χ2n) is 3.62. The molecule has 0 radical (unpaired) electrons. The Morgan fingerprint density at radius 2 is 1.93 bits per heavy atom. The molecule has 0 unspecified atom stereocenters. The van der Waals surface area contributed by atoms with E-state index in [0.717, 1.165) is 25.1 Å². The Labute approximate surface area is 89.5 Å². The highest BCUT2D eigenvalue weighted by Crippen LogP contribution is 2.07. The van der Waals surface area contributed by atoms with Crippen LogP contribution in [0.15, 0.2) is 42.6 Å². The monoisotopic (exact) mass is 203 g/mol. The van der Waals surface area contributed by atoms with E-state index in [-0.39, 0.29) is 5.82 Å². The molecule has 0 bridgehead atoms. The third-order valence-electron chi connectivity index (χ3n) is 2.44. The van der Waals surface area contributed by atoms with Gasteiger partial charge in [0.05, 0.1) is 0 Å².